The monoisotopic (exact) mass is 383 g/mol. The fourth-order valence-electron chi connectivity index (χ4n) is 2.75. The average molecular weight is 384 g/mol. The topological polar surface area (TPSA) is 72.2 Å². The summed E-state index contributed by atoms with van der Waals surface area (Å²) < 4.78 is 1.85. The zero-order valence-electron chi connectivity index (χ0n) is 14.6. The summed E-state index contributed by atoms with van der Waals surface area (Å²) in [6.07, 6.45) is 1.73. The predicted octanol–water partition coefficient (Wildman–Crippen LogP) is 4.00. The van der Waals surface area contributed by atoms with Gasteiger partial charge in [-0.05, 0) is 38.0 Å². The maximum absolute atomic E-state index is 12.3. The fourth-order valence-corrected chi connectivity index (χ4v) is 4.45. The number of thiophene rings is 1. The van der Waals surface area contributed by atoms with Gasteiger partial charge < -0.3 is 5.32 Å². The number of hydrogen-bond acceptors (Lipinski definition) is 6. The first-order chi connectivity index (χ1) is 12.5. The van der Waals surface area contributed by atoms with E-state index in [4.69, 9.17) is 0 Å². The van der Waals surface area contributed by atoms with Gasteiger partial charge in [-0.2, -0.15) is 0 Å². The molecule has 4 rings (SSSR count). The van der Waals surface area contributed by atoms with Crippen LogP contribution in [0.3, 0.4) is 0 Å². The Kier molecular flexibility index (Phi) is 4.37. The summed E-state index contributed by atoms with van der Waals surface area (Å²) in [6, 6.07) is 7.72. The van der Waals surface area contributed by atoms with E-state index in [1.165, 1.54) is 22.2 Å². The Labute approximate surface area is 158 Å². The lowest BCUT2D eigenvalue weighted by Gasteiger charge is -2.07. The molecule has 4 aromatic rings. The SMILES string of the molecule is Cc1ccccc1NC(=O)CSc1nnc2c3c(C)c(C)sc3ncn12. The van der Waals surface area contributed by atoms with Crippen LogP contribution in [0.15, 0.2) is 35.7 Å². The van der Waals surface area contributed by atoms with Crippen LogP contribution in [-0.4, -0.2) is 31.2 Å². The lowest BCUT2D eigenvalue weighted by atomic mass is 10.2. The van der Waals surface area contributed by atoms with Gasteiger partial charge in [0.1, 0.15) is 11.2 Å². The number of aryl methyl sites for hydroxylation is 3. The van der Waals surface area contributed by atoms with E-state index in [0.29, 0.717) is 5.16 Å². The van der Waals surface area contributed by atoms with Crippen molar-refractivity contribution in [2.24, 2.45) is 0 Å². The van der Waals surface area contributed by atoms with E-state index in [2.05, 4.69) is 34.3 Å². The molecule has 0 bridgehead atoms. The number of rotatable bonds is 4. The van der Waals surface area contributed by atoms with E-state index in [-0.39, 0.29) is 11.7 Å². The highest BCUT2D eigenvalue weighted by molar-refractivity contribution is 7.99. The van der Waals surface area contributed by atoms with Gasteiger partial charge in [-0.1, -0.05) is 30.0 Å². The van der Waals surface area contributed by atoms with Crippen LogP contribution in [-0.2, 0) is 4.79 Å². The summed E-state index contributed by atoms with van der Waals surface area (Å²) >= 11 is 3.01. The molecule has 132 valence electrons. The Bertz CT molecular complexity index is 1130. The van der Waals surface area contributed by atoms with Crippen LogP contribution < -0.4 is 5.32 Å². The molecule has 1 N–H and O–H groups in total. The second-order valence-electron chi connectivity index (χ2n) is 6.04. The van der Waals surface area contributed by atoms with E-state index < -0.39 is 0 Å². The van der Waals surface area contributed by atoms with Gasteiger partial charge in [0.2, 0.25) is 5.91 Å². The molecule has 0 atom stereocenters. The van der Waals surface area contributed by atoms with Crippen LogP contribution in [0, 0.1) is 20.8 Å². The number of fused-ring (bicyclic) bond motifs is 3. The minimum absolute atomic E-state index is 0.0716. The normalized spacial score (nSPS) is 11.3. The zero-order valence-corrected chi connectivity index (χ0v) is 16.2. The van der Waals surface area contributed by atoms with Crippen LogP contribution in [0.4, 0.5) is 5.69 Å². The van der Waals surface area contributed by atoms with Crippen LogP contribution in [0.2, 0.25) is 0 Å². The molecule has 26 heavy (non-hydrogen) atoms. The van der Waals surface area contributed by atoms with E-state index in [1.807, 2.05) is 35.6 Å². The molecule has 8 heteroatoms. The second kappa shape index (κ2) is 6.69. The summed E-state index contributed by atoms with van der Waals surface area (Å²) in [7, 11) is 0. The predicted molar refractivity (Wildman–Crippen MR) is 106 cm³/mol. The fraction of sp³-hybridized carbons (Fsp3) is 0.222. The van der Waals surface area contributed by atoms with Gasteiger partial charge in [0.25, 0.3) is 0 Å². The number of amides is 1. The molecule has 6 nitrogen and oxygen atoms in total. The van der Waals surface area contributed by atoms with Crippen molar-refractivity contribution in [3.8, 4) is 0 Å². The standard InChI is InChI=1S/C18H17N5OS2/c1-10-6-4-5-7-13(10)20-14(24)8-25-18-22-21-16-15-11(2)12(3)26-17(15)19-9-23(16)18/h4-7,9H,8H2,1-3H3,(H,20,24). The zero-order chi connectivity index (χ0) is 18.3. The molecule has 0 saturated heterocycles. The van der Waals surface area contributed by atoms with Crippen molar-refractivity contribution in [2.45, 2.75) is 25.9 Å². The first-order valence-electron chi connectivity index (χ1n) is 8.12. The van der Waals surface area contributed by atoms with Crippen molar-refractivity contribution >= 4 is 50.6 Å². The molecule has 3 aromatic heterocycles. The van der Waals surface area contributed by atoms with Crippen molar-refractivity contribution in [3.05, 3.63) is 46.6 Å². The Balaban J connectivity index is 1.55. The Hall–Kier alpha value is -2.45. The second-order valence-corrected chi connectivity index (χ2v) is 8.18. The molecule has 0 spiro atoms. The number of benzene rings is 1. The summed E-state index contributed by atoms with van der Waals surface area (Å²) in [4.78, 5) is 19.0. The molecular weight excluding hydrogens is 366 g/mol. The molecule has 0 fully saturated rings. The van der Waals surface area contributed by atoms with Crippen molar-refractivity contribution in [3.63, 3.8) is 0 Å². The van der Waals surface area contributed by atoms with Crippen LogP contribution in [0.5, 0.6) is 0 Å². The minimum atomic E-state index is -0.0716. The number of carbonyl (C=O) groups excluding carboxylic acids is 1. The lowest BCUT2D eigenvalue weighted by molar-refractivity contribution is -0.113. The molecule has 1 aromatic carbocycles. The third kappa shape index (κ3) is 2.95. The van der Waals surface area contributed by atoms with Crippen molar-refractivity contribution in [2.75, 3.05) is 11.1 Å². The van der Waals surface area contributed by atoms with Crippen LogP contribution >= 0.6 is 23.1 Å². The maximum atomic E-state index is 12.3. The lowest BCUT2D eigenvalue weighted by Crippen LogP contribution is -2.15. The number of aromatic nitrogens is 4. The summed E-state index contributed by atoms with van der Waals surface area (Å²) in [5.74, 6) is 0.187. The number of thioether (sulfide) groups is 1. The number of nitrogens with zero attached hydrogens (tertiary/aromatic N) is 4. The van der Waals surface area contributed by atoms with Crippen molar-refractivity contribution in [1.82, 2.24) is 19.6 Å². The minimum Gasteiger partial charge on any atom is -0.325 e. The van der Waals surface area contributed by atoms with E-state index in [9.17, 15) is 4.79 Å². The summed E-state index contributed by atoms with van der Waals surface area (Å²) in [5, 5.41) is 13.2. The third-order valence-electron chi connectivity index (χ3n) is 4.30. The quantitative estimate of drug-likeness (QED) is 0.539. The smallest absolute Gasteiger partial charge is 0.234 e. The molecule has 0 unspecified atom stereocenters. The summed E-state index contributed by atoms with van der Waals surface area (Å²) in [6.45, 7) is 6.13. The first kappa shape index (κ1) is 17.0. The van der Waals surface area contributed by atoms with Gasteiger partial charge in [-0.25, -0.2) is 4.98 Å². The van der Waals surface area contributed by atoms with Crippen LogP contribution in [0.25, 0.3) is 15.9 Å². The van der Waals surface area contributed by atoms with E-state index in [1.54, 1.807) is 17.7 Å². The van der Waals surface area contributed by atoms with Gasteiger partial charge in [-0.15, -0.1) is 21.5 Å². The average Bonchev–Trinajstić information content (AvgIpc) is 3.16. The van der Waals surface area contributed by atoms with Gasteiger partial charge in [-0.3, -0.25) is 9.20 Å². The van der Waals surface area contributed by atoms with E-state index in [0.717, 1.165) is 27.1 Å². The maximum Gasteiger partial charge on any atom is 0.234 e. The van der Waals surface area contributed by atoms with Gasteiger partial charge in [0.15, 0.2) is 10.8 Å². The first-order valence-corrected chi connectivity index (χ1v) is 9.92. The molecule has 0 aliphatic heterocycles. The van der Waals surface area contributed by atoms with E-state index >= 15 is 0 Å². The number of carbonyl (C=O) groups is 1. The number of hydrogen-bond donors (Lipinski definition) is 1. The van der Waals surface area contributed by atoms with Gasteiger partial charge >= 0.3 is 0 Å². The van der Waals surface area contributed by atoms with Crippen LogP contribution in [0.1, 0.15) is 16.0 Å². The Morgan fingerprint density at radius 3 is 2.85 bits per heavy atom. The Morgan fingerprint density at radius 2 is 2.04 bits per heavy atom. The molecular formula is C18H17N5OS2. The molecule has 0 aliphatic carbocycles. The number of nitrogens with one attached hydrogen (secondary N) is 1. The summed E-state index contributed by atoms with van der Waals surface area (Å²) in [5.41, 5.74) is 3.84. The Morgan fingerprint density at radius 1 is 1.23 bits per heavy atom. The molecule has 3 heterocycles. The molecule has 0 aliphatic rings. The third-order valence-corrected chi connectivity index (χ3v) is 6.36. The van der Waals surface area contributed by atoms with Gasteiger partial charge in [0, 0.05) is 10.6 Å². The van der Waals surface area contributed by atoms with Crippen molar-refractivity contribution < 1.29 is 4.79 Å². The highest BCUT2D eigenvalue weighted by Crippen LogP contribution is 2.32. The largest absolute Gasteiger partial charge is 0.325 e. The van der Waals surface area contributed by atoms with Gasteiger partial charge in [0.05, 0.1) is 11.1 Å². The highest BCUT2D eigenvalue weighted by Gasteiger charge is 2.16. The molecule has 0 saturated carbocycles. The number of anilines is 1. The highest BCUT2D eigenvalue weighted by atomic mass is 32.2. The molecule has 0 radical (unpaired) electrons. The van der Waals surface area contributed by atoms with Crippen molar-refractivity contribution in [1.29, 1.82) is 0 Å². The molecule has 1 amide bonds. The number of para-hydroxylation sites is 1.